The van der Waals surface area contributed by atoms with Crippen LogP contribution in [0.1, 0.15) is 28.8 Å². The lowest BCUT2D eigenvalue weighted by Gasteiger charge is -2.30. The standard InChI is InChI=1S/C21H20ClF3N2O5S/c1-32-20(29)13-2-3-14(17(23)10-13)12-27(18-11-21(24,25)8-9-26-19(18)28)33(30,31)16-6-4-15(22)5-7-16/h2-7,10,18H,8-9,11-12H2,1H3,(H,26,28). The van der Waals surface area contributed by atoms with Crippen LogP contribution in [0, 0.1) is 5.82 Å². The smallest absolute Gasteiger partial charge is 0.337 e. The molecule has 178 valence electrons. The van der Waals surface area contributed by atoms with Gasteiger partial charge in [-0.3, -0.25) is 4.79 Å². The summed E-state index contributed by atoms with van der Waals surface area (Å²) in [6.45, 7) is -1.06. The number of hydrogen-bond donors (Lipinski definition) is 1. The van der Waals surface area contributed by atoms with Crippen molar-refractivity contribution in [2.45, 2.75) is 36.2 Å². The van der Waals surface area contributed by atoms with Gasteiger partial charge in [-0.2, -0.15) is 4.31 Å². The molecule has 12 heteroatoms. The maximum absolute atomic E-state index is 14.8. The minimum atomic E-state index is -4.54. The molecule has 7 nitrogen and oxygen atoms in total. The largest absolute Gasteiger partial charge is 0.465 e. The molecule has 0 bridgehead atoms. The monoisotopic (exact) mass is 504 g/mol. The number of nitrogens with one attached hydrogen (secondary N) is 1. The van der Waals surface area contributed by atoms with Gasteiger partial charge in [-0.1, -0.05) is 17.7 Å². The minimum Gasteiger partial charge on any atom is -0.465 e. The van der Waals surface area contributed by atoms with Gasteiger partial charge in [-0.25, -0.2) is 26.4 Å². The van der Waals surface area contributed by atoms with Crippen LogP contribution in [0.2, 0.25) is 5.02 Å². The molecule has 2 aromatic carbocycles. The van der Waals surface area contributed by atoms with Crippen LogP contribution in [-0.4, -0.2) is 50.2 Å². The van der Waals surface area contributed by atoms with Crippen LogP contribution < -0.4 is 5.32 Å². The van der Waals surface area contributed by atoms with Gasteiger partial charge >= 0.3 is 5.97 Å². The first-order valence-electron chi connectivity index (χ1n) is 9.74. The van der Waals surface area contributed by atoms with Gasteiger partial charge in [0.2, 0.25) is 15.9 Å². The molecule has 3 rings (SSSR count). The predicted octanol–water partition coefficient (Wildman–Crippen LogP) is 3.37. The number of sulfonamides is 1. The van der Waals surface area contributed by atoms with E-state index in [1.165, 1.54) is 18.2 Å². The van der Waals surface area contributed by atoms with Gasteiger partial charge in [0.05, 0.1) is 17.6 Å². The number of halogens is 4. The number of nitrogens with zero attached hydrogens (tertiary/aromatic N) is 1. The summed E-state index contributed by atoms with van der Waals surface area (Å²) >= 11 is 5.82. The summed E-state index contributed by atoms with van der Waals surface area (Å²) in [5.41, 5.74) is -0.342. The fourth-order valence-corrected chi connectivity index (χ4v) is 5.08. The highest BCUT2D eigenvalue weighted by atomic mass is 35.5. The summed E-state index contributed by atoms with van der Waals surface area (Å²) < 4.78 is 75.3. The summed E-state index contributed by atoms with van der Waals surface area (Å²) in [6.07, 6.45) is -1.74. The van der Waals surface area contributed by atoms with Crippen LogP contribution in [0.4, 0.5) is 13.2 Å². The molecule has 33 heavy (non-hydrogen) atoms. The molecule has 2 aromatic rings. The highest BCUT2D eigenvalue weighted by molar-refractivity contribution is 7.89. The molecule has 1 aliphatic rings. The number of rotatable bonds is 6. The molecule has 1 N–H and O–H groups in total. The van der Waals surface area contributed by atoms with E-state index in [0.717, 1.165) is 31.4 Å². The molecule has 0 spiro atoms. The number of ether oxygens (including phenoxy) is 1. The zero-order chi connectivity index (χ0) is 24.4. The quantitative estimate of drug-likeness (QED) is 0.609. The number of methoxy groups -OCH3 is 1. The van der Waals surface area contributed by atoms with E-state index in [4.69, 9.17) is 11.6 Å². The summed E-state index contributed by atoms with van der Waals surface area (Å²) in [5, 5.41) is 2.53. The van der Waals surface area contributed by atoms with E-state index in [9.17, 15) is 31.2 Å². The molecular formula is C21H20ClF3N2O5S. The second kappa shape index (κ2) is 9.70. The highest BCUT2D eigenvalue weighted by Gasteiger charge is 2.45. The zero-order valence-corrected chi connectivity index (χ0v) is 18.9. The number of alkyl halides is 2. The molecule has 0 radical (unpaired) electrons. The van der Waals surface area contributed by atoms with Gasteiger partial charge in [-0.15, -0.1) is 0 Å². The first-order chi connectivity index (χ1) is 15.4. The second-order valence-corrected chi connectivity index (χ2v) is 9.75. The highest BCUT2D eigenvalue weighted by Crippen LogP contribution is 2.32. The molecule has 1 aliphatic heterocycles. The van der Waals surface area contributed by atoms with Crippen LogP contribution in [0.25, 0.3) is 0 Å². The molecule has 1 heterocycles. The molecule has 1 unspecified atom stereocenters. The van der Waals surface area contributed by atoms with Gasteiger partial charge in [0, 0.05) is 36.5 Å². The first-order valence-corrected chi connectivity index (χ1v) is 11.6. The lowest BCUT2D eigenvalue weighted by atomic mass is 10.1. The molecule has 0 aromatic heterocycles. The maximum Gasteiger partial charge on any atom is 0.337 e. The van der Waals surface area contributed by atoms with Crippen molar-refractivity contribution >= 4 is 33.5 Å². The molecule has 0 saturated carbocycles. The first kappa shape index (κ1) is 25.0. The normalized spacial score (nSPS) is 18.5. The van der Waals surface area contributed by atoms with Gasteiger partial charge in [0.15, 0.2) is 0 Å². The van der Waals surface area contributed by atoms with E-state index in [0.29, 0.717) is 4.31 Å². The third-order valence-electron chi connectivity index (χ3n) is 5.15. The Kier molecular flexibility index (Phi) is 7.35. The Bertz CT molecular complexity index is 1160. The zero-order valence-electron chi connectivity index (χ0n) is 17.4. The Labute approximate surface area is 193 Å². The number of benzene rings is 2. The van der Waals surface area contributed by atoms with Crippen LogP contribution in [-0.2, 0) is 26.1 Å². The van der Waals surface area contributed by atoms with E-state index in [-0.39, 0.29) is 27.6 Å². The number of amides is 1. The summed E-state index contributed by atoms with van der Waals surface area (Å²) in [5.74, 6) is -6.02. The Balaban J connectivity index is 2.08. The lowest BCUT2D eigenvalue weighted by Crippen LogP contribution is -2.49. The van der Waals surface area contributed by atoms with Crippen molar-refractivity contribution in [2.24, 2.45) is 0 Å². The van der Waals surface area contributed by atoms with Crippen molar-refractivity contribution in [2.75, 3.05) is 13.7 Å². The molecule has 1 fully saturated rings. The van der Waals surface area contributed by atoms with Crippen LogP contribution >= 0.6 is 11.6 Å². The summed E-state index contributed by atoms with van der Waals surface area (Å²) in [4.78, 5) is 23.9. The van der Waals surface area contributed by atoms with E-state index in [1.807, 2.05) is 0 Å². The Hall–Kier alpha value is -2.63. The topological polar surface area (TPSA) is 92.8 Å². The third-order valence-corrected chi connectivity index (χ3v) is 7.27. The van der Waals surface area contributed by atoms with Crippen molar-refractivity contribution in [1.82, 2.24) is 9.62 Å². The fraction of sp³-hybridized carbons (Fsp3) is 0.333. The van der Waals surface area contributed by atoms with Crippen molar-refractivity contribution in [3.05, 3.63) is 64.4 Å². The molecular weight excluding hydrogens is 485 g/mol. The van der Waals surface area contributed by atoms with E-state index < -0.39 is 59.1 Å². The average Bonchev–Trinajstić information content (AvgIpc) is 2.89. The molecule has 1 amide bonds. The van der Waals surface area contributed by atoms with Gasteiger partial charge < -0.3 is 10.1 Å². The Morgan fingerprint density at radius 2 is 1.91 bits per heavy atom. The van der Waals surface area contributed by atoms with Crippen molar-refractivity contribution in [3.63, 3.8) is 0 Å². The van der Waals surface area contributed by atoms with Gasteiger partial charge in [-0.05, 0) is 36.4 Å². The molecule has 1 saturated heterocycles. The predicted molar refractivity (Wildman–Crippen MR) is 113 cm³/mol. The van der Waals surface area contributed by atoms with Crippen LogP contribution in [0.5, 0.6) is 0 Å². The minimum absolute atomic E-state index is 0.121. The second-order valence-electron chi connectivity index (χ2n) is 7.42. The number of carbonyl (C=O) groups excluding carboxylic acids is 2. The fourth-order valence-electron chi connectivity index (χ4n) is 3.39. The Morgan fingerprint density at radius 1 is 1.24 bits per heavy atom. The average molecular weight is 505 g/mol. The Morgan fingerprint density at radius 3 is 2.52 bits per heavy atom. The molecule has 0 aliphatic carbocycles. The van der Waals surface area contributed by atoms with Crippen molar-refractivity contribution < 1.29 is 35.9 Å². The number of esters is 1. The van der Waals surface area contributed by atoms with Gasteiger partial charge in [0.25, 0.3) is 5.92 Å². The SMILES string of the molecule is COC(=O)c1ccc(CN(C2CC(F)(F)CCNC2=O)S(=O)(=O)c2ccc(Cl)cc2)c(F)c1. The lowest BCUT2D eigenvalue weighted by molar-refractivity contribution is -0.126. The van der Waals surface area contributed by atoms with E-state index in [1.54, 1.807) is 0 Å². The van der Waals surface area contributed by atoms with E-state index in [2.05, 4.69) is 10.1 Å². The van der Waals surface area contributed by atoms with Gasteiger partial charge in [0.1, 0.15) is 11.9 Å². The van der Waals surface area contributed by atoms with E-state index >= 15 is 0 Å². The summed E-state index contributed by atoms with van der Waals surface area (Å²) in [7, 11) is -3.43. The number of carbonyl (C=O) groups is 2. The van der Waals surface area contributed by atoms with Crippen molar-refractivity contribution in [3.8, 4) is 0 Å². The maximum atomic E-state index is 14.8. The van der Waals surface area contributed by atoms with Crippen LogP contribution in [0.3, 0.4) is 0 Å². The van der Waals surface area contributed by atoms with Crippen molar-refractivity contribution in [1.29, 1.82) is 0 Å². The summed E-state index contributed by atoms with van der Waals surface area (Å²) in [6, 6.07) is 6.29. The third kappa shape index (κ3) is 5.66. The van der Waals surface area contributed by atoms with Crippen LogP contribution in [0.15, 0.2) is 47.4 Å². The molecule has 1 atom stereocenters. The number of hydrogen-bond acceptors (Lipinski definition) is 5.